The van der Waals surface area contributed by atoms with E-state index in [0.717, 1.165) is 12.8 Å². The van der Waals surface area contributed by atoms with Crippen LogP contribution in [-0.4, -0.2) is 17.7 Å². The Morgan fingerprint density at radius 2 is 2.17 bits per heavy atom. The van der Waals surface area contributed by atoms with Gasteiger partial charge in [-0.25, -0.2) is 0 Å². The molecule has 0 unspecified atom stereocenters. The highest BCUT2D eigenvalue weighted by molar-refractivity contribution is 6.32. The Morgan fingerprint density at radius 1 is 1.39 bits per heavy atom. The molecule has 0 saturated carbocycles. The highest BCUT2D eigenvalue weighted by atomic mass is 35.5. The fourth-order valence-corrected chi connectivity index (χ4v) is 1.66. The van der Waals surface area contributed by atoms with E-state index in [0.29, 0.717) is 29.4 Å². The van der Waals surface area contributed by atoms with Crippen LogP contribution in [0, 0.1) is 11.3 Å². The number of unbranched alkanes of at least 4 members (excludes halogenated alkanes) is 2. The Bertz CT molecular complexity index is 454. The summed E-state index contributed by atoms with van der Waals surface area (Å²) in [4.78, 5) is 10.3. The van der Waals surface area contributed by atoms with Gasteiger partial charge in [-0.1, -0.05) is 11.6 Å². The van der Waals surface area contributed by atoms with Gasteiger partial charge in [0, 0.05) is 6.42 Å². The maximum Gasteiger partial charge on any atom is 0.303 e. The second-order valence-electron chi connectivity index (χ2n) is 3.81. The summed E-state index contributed by atoms with van der Waals surface area (Å²) in [5.74, 6) is -0.222. The molecule has 0 aliphatic heterocycles. The van der Waals surface area contributed by atoms with Gasteiger partial charge in [0.05, 0.1) is 23.3 Å². The Labute approximate surface area is 111 Å². The fourth-order valence-electron chi connectivity index (χ4n) is 1.42. The second kappa shape index (κ2) is 7.57. The smallest absolute Gasteiger partial charge is 0.303 e. The first kappa shape index (κ1) is 14.3. The molecular formula is C13H14ClNO3. The summed E-state index contributed by atoms with van der Waals surface area (Å²) in [6, 6.07) is 6.86. The highest BCUT2D eigenvalue weighted by Gasteiger charge is 2.03. The van der Waals surface area contributed by atoms with E-state index in [9.17, 15) is 4.79 Å². The van der Waals surface area contributed by atoms with Crippen molar-refractivity contribution in [3.63, 3.8) is 0 Å². The zero-order valence-corrected chi connectivity index (χ0v) is 10.6. The van der Waals surface area contributed by atoms with Crippen molar-refractivity contribution in [2.75, 3.05) is 6.61 Å². The topological polar surface area (TPSA) is 70.3 Å². The van der Waals surface area contributed by atoms with E-state index >= 15 is 0 Å². The van der Waals surface area contributed by atoms with Crippen LogP contribution in [0.5, 0.6) is 5.75 Å². The maximum absolute atomic E-state index is 10.3. The highest BCUT2D eigenvalue weighted by Crippen LogP contribution is 2.25. The van der Waals surface area contributed by atoms with Gasteiger partial charge in [-0.2, -0.15) is 5.26 Å². The Balaban J connectivity index is 2.27. The van der Waals surface area contributed by atoms with Gasteiger partial charge in [-0.3, -0.25) is 4.79 Å². The molecule has 96 valence electrons. The zero-order valence-electron chi connectivity index (χ0n) is 9.86. The molecule has 5 heteroatoms. The van der Waals surface area contributed by atoms with E-state index in [-0.39, 0.29) is 6.42 Å². The quantitative estimate of drug-likeness (QED) is 0.770. The van der Waals surface area contributed by atoms with E-state index in [1.165, 1.54) is 0 Å². The van der Waals surface area contributed by atoms with E-state index in [1.54, 1.807) is 18.2 Å². The van der Waals surface area contributed by atoms with Crippen molar-refractivity contribution in [2.24, 2.45) is 0 Å². The molecule has 0 aromatic heterocycles. The minimum Gasteiger partial charge on any atom is -0.492 e. The average molecular weight is 268 g/mol. The lowest BCUT2D eigenvalue weighted by Gasteiger charge is -2.07. The van der Waals surface area contributed by atoms with Crippen molar-refractivity contribution in [1.29, 1.82) is 5.26 Å². The molecule has 0 atom stereocenters. The number of carboxylic acid groups (broad SMARTS) is 1. The first-order valence-corrected chi connectivity index (χ1v) is 6.05. The molecule has 1 aromatic carbocycles. The normalized spacial score (nSPS) is 9.78. The number of carbonyl (C=O) groups is 1. The number of aliphatic carboxylic acids is 1. The van der Waals surface area contributed by atoms with Gasteiger partial charge in [-0.15, -0.1) is 0 Å². The number of hydrogen-bond donors (Lipinski definition) is 1. The Morgan fingerprint density at radius 3 is 2.78 bits per heavy atom. The number of halogens is 1. The molecule has 0 saturated heterocycles. The second-order valence-corrected chi connectivity index (χ2v) is 4.22. The van der Waals surface area contributed by atoms with Gasteiger partial charge in [0.2, 0.25) is 0 Å². The van der Waals surface area contributed by atoms with E-state index < -0.39 is 5.97 Å². The molecule has 1 rings (SSSR count). The van der Waals surface area contributed by atoms with Crippen molar-refractivity contribution in [1.82, 2.24) is 0 Å². The van der Waals surface area contributed by atoms with E-state index in [4.69, 9.17) is 26.7 Å². The van der Waals surface area contributed by atoms with Crippen LogP contribution in [0.25, 0.3) is 0 Å². The predicted octanol–water partition coefficient (Wildman–Crippen LogP) is 3.24. The lowest BCUT2D eigenvalue weighted by Crippen LogP contribution is -1.99. The fraction of sp³-hybridized carbons (Fsp3) is 0.385. The van der Waals surface area contributed by atoms with Gasteiger partial charge in [0.25, 0.3) is 0 Å². The summed E-state index contributed by atoms with van der Waals surface area (Å²) >= 11 is 5.94. The van der Waals surface area contributed by atoms with Gasteiger partial charge in [0.1, 0.15) is 5.75 Å². The monoisotopic (exact) mass is 267 g/mol. The minimum absolute atomic E-state index is 0.192. The molecule has 4 nitrogen and oxygen atoms in total. The van der Waals surface area contributed by atoms with Crippen LogP contribution in [0.1, 0.15) is 31.2 Å². The largest absolute Gasteiger partial charge is 0.492 e. The molecule has 0 aliphatic rings. The molecule has 0 heterocycles. The average Bonchev–Trinajstić information content (AvgIpc) is 2.34. The number of ether oxygens (including phenoxy) is 1. The molecule has 18 heavy (non-hydrogen) atoms. The molecule has 0 radical (unpaired) electrons. The summed E-state index contributed by atoms with van der Waals surface area (Å²) < 4.78 is 5.45. The summed E-state index contributed by atoms with van der Waals surface area (Å²) in [6.45, 7) is 0.491. The third-order valence-corrected chi connectivity index (χ3v) is 2.65. The Kier molecular flexibility index (Phi) is 6.03. The van der Waals surface area contributed by atoms with Gasteiger partial charge < -0.3 is 9.84 Å². The third-order valence-electron chi connectivity index (χ3n) is 2.35. The van der Waals surface area contributed by atoms with Crippen molar-refractivity contribution in [2.45, 2.75) is 25.7 Å². The summed E-state index contributed by atoms with van der Waals surface area (Å²) in [5.41, 5.74) is 0.494. The number of nitrogens with zero attached hydrogens (tertiary/aromatic N) is 1. The molecular weight excluding hydrogens is 254 g/mol. The summed E-state index contributed by atoms with van der Waals surface area (Å²) in [5, 5.41) is 17.5. The van der Waals surface area contributed by atoms with Gasteiger partial charge >= 0.3 is 5.97 Å². The number of carboxylic acids is 1. The van der Waals surface area contributed by atoms with Crippen LogP contribution in [0.4, 0.5) is 0 Å². The summed E-state index contributed by atoms with van der Waals surface area (Å²) in [6.07, 6.45) is 2.43. The SMILES string of the molecule is N#Cc1ccc(OCCCCCC(=O)O)c(Cl)c1. The molecule has 0 spiro atoms. The van der Waals surface area contributed by atoms with Crippen molar-refractivity contribution < 1.29 is 14.6 Å². The Hall–Kier alpha value is -1.73. The van der Waals surface area contributed by atoms with Crippen LogP contribution in [0.3, 0.4) is 0 Å². The molecule has 1 N–H and O–H groups in total. The first-order chi connectivity index (χ1) is 8.63. The molecule has 0 bridgehead atoms. The lowest BCUT2D eigenvalue weighted by atomic mass is 10.2. The van der Waals surface area contributed by atoms with Crippen LogP contribution in [0.2, 0.25) is 5.02 Å². The number of nitriles is 1. The van der Waals surface area contributed by atoms with Crippen LogP contribution < -0.4 is 4.74 Å². The van der Waals surface area contributed by atoms with Gasteiger partial charge in [-0.05, 0) is 37.5 Å². The zero-order chi connectivity index (χ0) is 13.4. The minimum atomic E-state index is -0.772. The van der Waals surface area contributed by atoms with Crippen molar-refractivity contribution in [3.05, 3.63) is 28.8 Å². The van der Waals surface area contributed by atoms with Crippen LogP contribution >= 0.6 is 11.6 Å². The van der Waals surface area contributed by atoms with Crippen LogP contribution in [-0.2, 0) is 4.79 Å². The predicted molar refractivity (Wildman–Crippen MR) is 67.8 cm³/mol. The molecule has 0 fully saturated rings. The molecule has 1 aromatic rings. The molecule has 0 aliphatic carbocycles. The first-order valence-electron chi connectivity index (χ1n) is 5.67. The third kappa shape index (κ3) is 5.07. The number of hydrogen-bond acceptors (Lipinski definition) is 3. The molecule has 0 amide bonds. The summed E-state index contributed by atoms with van der Waals surface area (Å²) in [7, 11) is 0. The number of rotatable bonds is 7. The standard InChI is InChI=1S/C13H14ClNO3/c14-11-8-10(9-15)5-6-12(11)18-7-3-1-2-4-13(16)17/h5-6,8H,1-4,7H2,(H,16,17). The van der Waals surface area contributed by atoms with Crippen molar-refractivity contribution >= 4 is 17.6 Å². The maximum atomic E-state index is 10.3. The number of benzene rings is 1. The van der Waals surface area contributed by atoms with Crippen molar-refractivity contribution in [3.8, 4) is 11.8 Å². The van der Waals surface area contributed by atoms with Crippen LogP contribution in [0.15, 0.2) is 18.2 Å². The van der Waals surface area contributed by atoms with E-state index in [1.807, 2.05) is 6.07 Å². The van der Waals surface area contributed by atoms with Gasteiger partial charge in [0.15, 0.2) is 0 Å². The lowest BCUT2D eigenvalue weighted by molar-refractivity contribution is -0.137. The van der Waals surface area contributed by atoms with E-state index in [2.05, 4.69) is 0 Å².